The summed E-state index contributed by atoms with van der Waals surface area (Å²) >= 11 is 0. The quantitative estimate of drug-likeness (QED) is 0.869. The largest absolute Gasteiger partial charge is 0.481 e. The van der Waals surface area contributed by atoms with Crippen LogP contribution in [0.15, 0.2) is 48.5 Å². The van der Waals surface area contributed by atoms with Crippen molar-refractivity contribution in [2.24, 2.45) is 0 Å². The lowest BCUT2D eigenvalue weighted by molar-refractivity contribution is -0.153. The molecule has 0 aliphatic carbocycles. The monoisotopic (exact) mass is 300 g/mol. The molecule has 0 bridgehead atoms. The maximum absolute atomic E-state index is 13.7. The smallest absolute Gasteiger partial charge is 0.422 e. The van der Waals surface area contributed by atoms with E-state index in [4.69, 9.17) is 0 Å². The highest BCUT2D eigenvalue weighted by atomic mass is 19.4. The summed E-state index contributed by atoms with van der Waals surface area (Å²) < 4.78 is 54.1. The maximum Gasteiger partial charge on any atom is 0.422 e. The van der Waals surface area contributed by atoms with Crippen molar-refractivity contribution >= 4 is 0 Å². The van der Waals surface area contributed by atoms with E-state index in [2.05, 4.69) is 4.74 Å². The summed E-state index contributed by atoms with van der Waals surface area (Å²) in [6.45, 7) is -1.56. The van der Waals surface area contributed by atoms with Gasteiger partial charge in [-0.1, -0.05) is 36.4 Å². The second-order valence-corrected chi connectivity index (χ2v) is 4.41. The van der Waals surface area contributed by atoms with Crippen LogP contribution in [0.3, 0.4) is 0 Å². The zero-order chi connectivity index (χ0) is 15.5. The number of aliphatic hydroxyl groups is 1. The van der Waals surface area contributed by atoms with Gasteiger partial charge in [-0.15, -0.1) is 0 Å². The van der Waals surface area contributed by atoms with Gasteiger partial charge in [0.1, 0.15) is 6.10 Å². The summed E-state index contributed by atoms with van der Waals surface area (Å²) in [4.78, 5) is 0. The maximum atomic E-state index is 13.7. The fourth-order valence-corrected chi connectivity index (χ4v) is 1.79. The molecule has 2 aromatic rings. The van der Waals surface area contributed by atoms with Gasteiger partial charge in [0.15, 0.2) is 18.2 Å². The molecule has 1 N–H and O–H groups in total. The number of alkyl halides is 3. The van der Waals surface area contributed by atoms with Crippen LogP contribution in [0.1, 0.15) is 17.2 Å². The van der Waals surface area contributed by atoms with Crippen LogP contribution >= 0.6 is 0 Å². The van der Waals surface area contributed by atoms with E-state index >= 15 is 0 Å². The molecular formula is C15H12F4O2. The van der Waals surface area contributed by atoms with Crippen molar-refractivity contribution < 1.29 is 27.4 Å². The van der Waals surface area contributed by atoms with Crippen molar-refractivity contribution in [1.29, 1.82) is 0 Å². The predicted molar refractivity (Wildman–Crippen MR) is 68.5 cm³/mol. The highest BCUT2D eigenvalue weighted by Gasteiger charge is 2.29. The summed E-state index contributed by atoms with van der Waals surface area (Å²) in [5.41, 5.74) is 0.791. The normalized spacial score (nSPS) is 13.0. The van der Waals surface area contributed by atoms with E-state index in [9.17, 15) is 22.7 Å². The Morgan fingerprint density at radius 2 is 1.67 bits per heavy atom. The lowest BCUT2D eigenvalue weighted by Crippen LogP contribution is -2.19. The molecule has 6 heteroatoms. The molecule has 2 aromatic carbocycles. The molecule has 0 aliphatic heterocycles. The van der Waals surface area contributed by atoms with Gasteiger partial charge in [0.2, 0.25) is 0 Å². The Balaban J connectivity index is 2.15. The Kier molecular flexibility index (Phi) is 4.47. The van der Waals surface area contributed by atoms with Gasteiger partial charge in [-0.2, -0.15) is 13.2 Å². The van der Waals surface area contributed by atoms with Crippen molar-refractivity contribution in [1.82, 2.24) is 0 Å². The molecule has 0 fully saturated rings. The summed E-state index contributed by atoms with van der Waals surface area (Å²) in [7, 11) is 0. The van der Waals surface area contributed by atoms with Crippen LogP contribution in [0.25, 0.3) is 0 Å². The van der Waals surface area contributed by atoms with Crippen LogP contribution in [0.4, 0.5) is 17.6 Å². The van der Waals surface area contributed by atoms with E-state index in [1.807, 2.05) is 0 Å². The molecule has 0 amide bonds. The average molecular weight is 300 g/mol. The lowest BCUT2D eigenvalue weighted by atomic mass is 10.0. The topological polar surface area (TPSA) is 29.5 Å². The first kappa shape index (κ1) is 15.3. The number of ether oxygens (including phenoxy) is 1. The third kappa shape index (κ3) is 4.19. The molecule has 0 spiro atoms. The van der Waals surface area contributed by atoms with Crippen molar-refractivity contribution in [3.63, 3.8) is 0 Å². The highest BCUT2D eigenvalue weighted by Crippen LogP contribution is 2.27. The van der Waals surface area contributed by atoms with Crippen LogP contribution in [0, 0.1) is 5.82 Å². The van der Waals surface area contributed by atoms with Crippen LogP contribution in [-0.4, -0.2) is 17.9 Å². The minimum absolute atomic E-state index is 0.234. The van der Waals surface area contributed by atoms with E-state index in [0.717, 1.165) is 12.1 Å². The minimum atomic E-state index is -4.53. The number of benzene rings is 2. The van der Waals surface area contributed by atoms with Crippen molar-refractivity contribution in [3.05, 3.63) is 65.5 Å². The first-order valence-electron chi connectivity index (χ1n) is 6.09. The summed E-state index contributed by atoms with van der Waals surface area (Å²) in [5, 5.41) is 10.1. The standard InChI is InChI=1S/C15H12F4O2/c16-12-8-11(14(20)10-4-2-1-3-5-10)6-7-13(12)21-9-15(17,18)19/h1-8,14,20H,9H2. The van der Waals surface area contributed by atoms with E-state index < -0.39 is 30.5 Å². The van der Waals surface area contributed by atoms with Crippen LogP contribution in [-0.2, 0) is 0 Å². The number of hydrogen-bond acceptors (Lipinski definition) is 2. The number of hydrogen-bond donors (Lipinski definition) is 1. The van der Waals surface area contributed by atoms with E-state index in [-0.39, 0.29) is 5.56 Å². The first-order valence-corrected chi connectivity index (χ1v) is 6.09. The van der Waals surface area contributed by atoms with Gasteiger partial charge in [-0.3, -0.25) is 0 Å². The van der Waals surface area contributed by atoms with Gasteiger partial charge in [-0.05, 0) is 23.3 Å². The Labute approximate surface area is 118 Å². The van der Waals surface area contributed by atoms with Gasteiger partial charge in [0.25, 0.3) is 0 Å². The summed E-state index contributed by atoms with van der Waals surface area (Å²) in [6.07, 6.45) is -5.59. The number of aliphatic hydroxyl groups excluding tert-OH is 1. The fourth-order valence-electron chi connectivity index (χ4n) is 1.79. The van der Waals surface area contributed by atoms with Gasteiger partial charge in [0.05, 0.1) is 0 Å². The Morgan fingerprint density at radius 1 is 1.00 bits per heavy atom. The second-order valence-electron chi connectivity index (χ2n) is 4.41. The zero-order valence-corrected chi connectivity index (χ0v) is 10.8. The molecule has 0 saturated carbocycles. The Hall–Kier alpha value is -2.08. The average Bonchev–Trinajstić information content (AvgIpc) is 2.45. The zero-order valence-electron chi connectivity index (χ0n) is 10.8. The van der Waals surface area contributed by atoms with E-state index in [1.54, 1.807) is 30.3 Å². The molecule has 0 radical (unpaired) electrons. The molecule has 0 saturated heterocycles. The first-order chi connectivity index (χ1) is 9.87. The molecule has 0 aromatic heterocycles. The van der Waals surface area contributed by atoms with E-state index in [0.29, 0.717) is 5.56 Å². The van der Waals surface area contributed by atoms with Gasteiger partial charge < -0.3 is 9.84 Å². The molecular weight excluding hydrogens is 288 g/mol. The van der Waals surface area contributed by atoms with Gasteiger partial charge in [0, 0.05) is 0 Å². The van der Waals surface area contributed by atoms with Crippen LogP contribution < -0.4 is 4.74 Å². The lowest BCUT2D eigenvalue weighted by Gasteiger charge is -2.14. The molecule has 1 atom stereocenters. The summed E-state index contributed by atoms with van der Waals surface area (Å²) in [6, 6.07) is 11.9. The SMILES string of the molecule is OC(c1ccccc1)c1ccc(OCC(F)(F)F)c(F)c1. The third-order valence-corrected chi connectivity index (χ3v) is 2.78. The fraction of sp³-hybridized carbons (Fsp3) is 0.200. The predicted octanol–water partition coefficient (Wildman–Crippen LogP) is 3.85. The summed E-state index contributed by atoms with van der Waals surface area (Å²) in [5.74, 6) is -1.46. The van der Waals surface area contributed by atoms with Crippen molar-refractivity contribution in [3.8, 4) is 5.75 Å². The number of rotatable bonds is 4. The molecule has 21 heavy (non-hydrogen) atoms. The molecule has 2 nitrogen and oxygen atoms in total. The molecule has 2 rings (SSSR count). The second kappa shape index (κ2) is 6.13. The Bertz CT molecular complexity index is 596. The van der Waals surface area contributed by atoms with Crippen LogP contribution in [0.5, 0.6) is 5.75 Å². The van der Waals surface area contributed by atoms with Gasteiger partial charge >= 0.3 is 6.18 Å². The van der Waals surface area contributed by atoms with Gasteiger partial charge in [-0.25, -0.2) is 4.39 Å². The highest BCUT2D eigenvalue weighted by molar-refractivity contribution is 5.35. The van der Waals surface area contributed by atoms with Crippen LogP contribution in [0.2, 0.25) is 0 Å². The third-order valence-electron chi connectivity index (χ3n) is 2.78. The van der Waals surface area contributed by atoms with Crippen molar-refractivity contribution in [2.45, 2.75) is 12.3 Å². The Morgan fingerprint density at radius 3 is 2.24 bits per heavy atom. The molecule has 0 aliphatic rings. The molecule has 0 heterocycles. The van der Waals surface area contributed by atoms with E-state index in [1.165, 1.54) is 6.07 Å². The molecule has 1 unspecified atom stereocenters. The number of halogens is 4. The van der Waals surface area contributed by atoms with Crippen molar-refractivity contribution in [2.75, 3.05) is 6.61 Å². The minimum Gasteiger partial charge on any atom is -0.481 e. The molecule has 112 valence electrons.